The molecule has 0 unspecified atom stereocenters. The van der Waals surface area contributed by atoms with Crippen molar-refractivity contribution in [2.75, 3.05) is 33.5 Å². The summed E-state index contributed by atoms with van der Waals surface area (Å²) < 4.78 is 10.7. The van der Waals surface area contributed by atoms with Crippen molar-refractivity contribution in [3.63, 3.8) is 0 Å². The molecule has 1 aromatic carbocycles. The molecular formula is C16H25NO6. The quantitative estimate of drug-likeness (QED) is 0.476. The Labute approximate surface area is 135 Å². The first-order valence-corrected chi connectivity index (χ1v) is 7.47. The lowest BCUT2D eigenvalue weighted by molar-refractivity contribution is -0.125. The molecule has 0 heterocycles. The summed E-state index contributed by atoms with van der Waals surface area (Å²) in [6, 6.07) is 5.43. The Kier molecular flexibility index (Phi) is 7.80. The van der Waals surface area contributed by atoms with Crippen LogP contribution in [0.5, 0.6) is 11.5 Å². The molecule has 1 rings (SSSR count). The van der Waals surface area contributed by atoms with Crippen LogP contribution in [-0.4, -0.2) is 60.3 Å². The van der Waals surface area contributed by atoms with Crippen LogP contribution in [0.3, 0.4) is 0 Å². The number of carbonyl (C=O) groups excluding carboxylic acids is 1. The number of ether oxygens (including phenoxy) is 2. The van der Waals surface area contributed by atoms with Crippen LogP contribution in [0.25, 0.3) is 0 Å². The lowest BCUT2D eigenvalue weighted by Crippen LogP contribution is -2.57. The zero-order chi connectivity index (χ0) is 17.3. The third-order valence-electron chi connectivity index (χ3n) is 3.48. The van der Waals surface area contributed by atoms with Gasteiger partial charge in [-0.25, -0.2) is 0 Å². The number of aliphatic hydroxyl groups is 3. The van der Waals surface area contributed by atoms with Gasteiger partial charge in [-0.05, 0) is 31.0 Å². The van der Waals surface area contributed by atoms with Gasteiger partial charge >= 0.3 is 0 Å². The first-order chi connectivity index (χ1) is 11.0. The first-order valence-electron chi connectivity index (χ1n) is 7.47. The Balaban J connectivity index is 2.65. The van der Waals surface area contributed by atoms with Gasteiger partial charge in [0, 0.05) is 6.42 Å². The van der Waals surface area contributed by atoms with Gasteiger partial charge in [0.05, 0.1) is 33.5 Å². The molecule has 23 heavy (non-hydrogen) atoms. The summed E-state index contributed by atoms with van der Waals surface area (Å²) in [5.41, 5.74) is -0.504. The van der Waals surface area contributed by atoms with E-state index in [1.54, 1.807) is 19.2 Å². The first kappa shape index (κ1) is 19.2. The predicted molar refractivity (Wildman–Crippen MR) is 84.6 cm³/mol. The molecule has 0 aromatic heterocycles. The third-order valence-corrected chi connectivity index (χ3v) is 3.48. The monoisotopic (exact) mass is 327 g/mol. The van der Waals surface area contributed by atoms with Gasteiger partial charge in [0.25, 0.3) is 0 Å². The maximum atomic E-state index is 11.9. The lowest BCUT2D eigenvalue weighted by atomic mass is 10.0. The molecule has 0 spiro atoms. The summed E-state index contributed by atoms with van der Waals surface area (Å²) >= 11 is 0. The number of benzene rings is 1. The van der Waals surface area contributed by atoms with E-state index in [-0.39, 0.29) is 12.3 Å². The highest BCUT2D eigenvalue weighted by Crippen LogP contribution is 2.28. The number of hydrogen-bond donors (Lipinski definition) is 4. The summed E-state index contributed by atoms with van der Waals surface area (Å²) in [6.45, 7) is 0.797. The van der Waals surface area contributed by atoms with Crippen molar-refractivity contribution >= 4 is 5.91 Å². The van der Waals surface area contributed by atoms with Crippen LogP contribution in [0.2, 0.25) is 0 Å². The Morgan fingerprint density at radius 3 is 2.35 bits per heavy atom. The summed E-state index contributed by atoms with van der Waals surface area (Å²) in [7, 11) is 1.55. The zero-order valence-corrected chi connectivity index (χ0v) is 13.5. The van der Waals surface area contributed by atoms with Gasteiger partial charge in [-0.1, -0.05) is 6.07 Å². The number of aryl methyl sites for hydroxylation is 1. The van der Waals surface area contributed by atoms with E-state index in [1.165, 1.54) is 0 Å². The summed E-state index contributed by atoms with van der Waals surface area (Å²) in [5, 5.41) is 30.0. The molecule has 0 aliphatic rings. The Bertz CT molecular complexity index is 493. The molecule has 7 heteroatoms. The number of carbonyl (C=O) groups is 1. The molecule has 1 amide bonds. The summed E-state index contributed by atoms with van der Waals surface area (Å²) in [4.78, 5) is 11.9. The number of nitrogens with one attached hydrogen (secondary N) is 1. The number of methoxy groups -OCH3 is 1. The minimum Gasteiger partial charge on any atom is -0.493 e. The molecule has 7 nitrogen and oxygen atoms in total. The molecule has 0 saturated heterocycles. The summed E-state index contributed by atoms with van der Waals surface area (Å²) in [5.74, 6) is 0.873. The second-order valence-corrected chi connectivity index (χ2v) is 5.22. The van der Waals surface area contributed by atoms with E-state index in [4.69, 9.17) is 9.47 Å². The van der Waals surface area contributed by atoms with E-state index in [0.717, 1.165) is 5.56 Å². The minimum absolute atomic E-state index is 0.152. The van der Waals surface area contributed by atoms with Gasteiger partial charge < -0.3 is 30.1 Å². The summed E-state index contributed by atoms with van der Waals surface area (Å²) in [6.07, 6.45) is 0.603. The fourth-order valence-electron chi connectivity index (χ4n) is 2.03. The van der Waals surface area contributed by atoms with Crippen LogP contribution in [0.15, 0.2) is 18.2 Å². The highest BCUT2D eigenvalue weighted by atomic mass is 16.5. The maximum absolute atomic E-state index is 11.9. The van der Waals surface area contributed by atoms with Crippen LogP contribution in [0.4, 0.5) is 0 Å². The highest BCUT2D eigenvalue weighted by molar-refractivity contribution is 5.77. The zero-order valence-electron chi connectivity index (χ0n) is 13.5. The fraction of sp³-hybridized carbons (Fsp3) is 0.562. The second kappa shape index (κ2) is 9.34. The molecule has 0 aliphatic carbocycles. The van der Waals surface area contributed by atoms with E-state index in [0.29, 0.717) is 24.5 Å². The van der Waals surface area contributed by atoms with E-state index in [9.17, 15) is 20.1 Å². The Morgan fingerprint density at radius 2 is 1.83 bits per heavy atom. The predicted octanol–water partition coefficient (Wildman–Crippen LogP) is -0.142. The largest absolute Gasteiger partial charge is 0.493 e. The average Bonchev–Trinajstić information content (AvgIpc) is 2.59. The molecule has 130 valence electrons. The maximum Gasteiger partial charge on any atom is 0.220 e. The molecular weight excluding hydrogens is 302 g/mol. The van der Waals surface area contributed by atoms with E-state index >= 15 is 0 Å². The van der Waals surface area contributed by atoms with Gasteiger partial charge in [0.2, 0.25) is 5.91 Å². The number of hydrogen-bond acceptors (Lipinski definition) is 6. The van der Waals surface area contributed by atoms with Crippen molar-refractivity contribution in [2.24, 2.45) is 0 Å². The highest BCUT2D eigenvalue weighted by Gasteiger charge is 2.29. The number of rotatable bonds is 10. The van der Waals surface area contributed by atoms with Gasteiger partial charge in [-0.2, -0.15) is 0 Å². The van der Waals surface area contributed by atoms with Gasteiger partial charge in [0.15, 0.2) is 11.5 Å². The van der Waals surface area contributed by atoms with Crippen molar-refractivity contribution in [3.05, 3.63) is 23.8 Å². The molecule has 0 atom stereocenters. The Hall–Kier alpha value is -1.83. The minimum atomic E-state index is -1.40. The molecule has 0 fully saturated rings. The van der Waals surface area contributed by atoms with Gasteiger partial charge in [0.1, 0.15) is 5.54 Å². The molecule has 0 bridgehead atoms. The van der Waals surface area contributed by atoms with Crippen LogP contribution in [0.1, 0.15) is 18.9 Å². The van der Waals surface area contributed by atoms with Crippen molar-refractivity contribution in [2.45, 2.75) is 25.3 Å². The molecule has 0 radical (unpaired) electrons. The molecule has 1 aromatic rings. The third kappa shape index (κ3) is 5.38. The normalized spacial score (nSPS) is 11.2. The average molecular weight is 327 g/mol. The van der Waals surface area contributed by atoms with Crippen molar-refractivity contribution in [3.8, 4) is 11.5 Å². The smallest absolute Gasteiger partial charge is 0.220 e. The molecule has 0 aliphatic heterocycles. The van der Waals surface area contributed by atoms with Gasteiger partial charge in [-0.15, -0.1) is 0 Å². The number of aliphatic hydroxyl groups excluding tert-OH is 3. The van der Waals surface area contributed by atoms with Crippen LogP contribution in [0, 0.1) is 0 Å². The molecule has 4 N–H and O–H groups in total. The van der Waals surface area contributed by atoms with Crippen LogP contribution < -0.4 is 14.8 Å². The van der Waals surface area contributed by atoms with Crippen LogP contribution in [-0.2, 0) is 11.2 Å². The van der Waals surface area contributed by atoms with E-state index in [2.05, 4.69) is 5.32 Å². The lowest BCUT2D eigenvalue weighted by Gasteiger charge is -2.28. The van der Waals surface area contributed by atoms with Crippen LogP contribution >= 0.6 is 0 Å². The van der Waals surface area contributed by atoms with Crippen molar-refractivity contribution in [1.29, 1.82) is 0 Å². The van der Waals surface area contributed by atoms with Crippen molar-refractivity contribution in [1.82, 2.24) is 5.32 Å². The van der Waals surface area contributed by atoms with Gasteiger partial charge in [-0.3, -0.25) is 4.79 Å². The SMILES string of the molecule is CCOc1ccc(CCC(=O)NC(CO)(CO)CO)cc1OC. The topological polar surface area (TPSA) is 108 Å². The number of amides is 1. The standard InChI is InChI=1S/C16H25NO6/c1-3-23-13-6-4-12(8-14(13)22-2)5-7-15(21)17-16(9-18,10-19)11-20/h4,6,8,18-20H,3,5,7,9-11H2,1-2H3,(H,17,21). The molecule has 0 saturated carbocycles. The van der Waals surface area contributed by atoms with Crippen molar-refractivity contribution < 1.29 is 29.6 Å². The second-order valence-electron chi connectivity index (χ2n) is 5.22. The van der Waals surface area contributed by atoms with E-state index < -0.39 is 25.4 Å². The Morgan fingerprint density at radius 1 is 1.17 bits per heavy atom. The van der Waals surface area contributed by atoms with E-state index in [1.807, 2.05) is 13.0 Å². The fourth-order valence-corrected chi connectivity index (χ4v) is 2.03.